The van der Waals surface area contributed by atoms with E-state index >= 15 is 0 Å². The second kappa shape index (κ2) is 15.5. The monoisotopic (exact) mass is 613 g/mol. The lowest BCUT2D eigenvalue weighted by Crippen LogP contribution is -2.62. The van der Waals surface area contributed by atoms with Gasteiger partial charge in [0.05, 0.1) is 44.1 Å². The Morgan fingerprint density at radius 3 is 1.95 bits per heavy atom. The molecule has 2 aromatic carbocycles. The van der Waals surface area contributed by atoms with Crippen LogP contribution in [0.15, 0.2) is 54.6 Å². The lowest BCUT2D eigenvalue weighted by atomic mass is 9.98. The second-order valence-electron chi connectivity index (χ2n) is 10.0. The van der Waals surface area contributed by atoms with Crippen LogP contribution in [0.3, 0.4) is 0 Å². The SMILES string of the molecule is CC(=O)OC[C@H]1O[C@H](OCCOCCN2C(=O)c3ccccc3C2=O)[C@@H](OCc2ccccc2)[C@@H](OC(C)=O)[C@@H]1OC(C)=O. The fourth-order valence-corrected chi connectivity index (χ4v) is 4.87. The van der Waals surface area contributed by atoms with Gasteiger partial charge in [0.25, 0.3) is 11.8 Å². The van der Waals surface area contributed by atoms with Crippen LogP contribution in [0.2, 0.25) is 0 Å². The van der Waals surface area contributed by atoms with Gasteiger partial charge in [-0.25, -0.2) is 0 Å². The zero-order valence-corrected chi connectivity index (χ0v) is 24.7. The Kier molecular flexibility index (Phi) is 11.6. The van der Waals surface area contributed by atoms with Crippen LogP contribution >= 0.6 is 0 Å². The molecule has 0 spiro atoms. The molecule has 0 bridgehead atoms. The van der Waals surface area contributed by atoms with Gasteiger partial charge in [0.15, 0.2) is 18.5 Å². The molecule has 2 aliphatic rings. The maximum absolute atomic E-state index is 12.6. The molecule has 2 amide bonds. The Labute approximate surface area is 254 Å². The van der Waals surface area contributed by atoms with Crippen LogP contribution in [0, 0.1) is 0 Å². The third kappa shape index (κ3) is 8.47. The smallest absolute Gasteiger partial charge is 0.303 e. The van der Waals surface area contributed by atoms with Crippen molar-refractivity contribution in [2.45, 2.75) is 58.1 Å². The zero-order chi connectivity index (χ0) is 31.6. The van der Waals surface area contributed by atoms with E-state index in [1.807, 2.05) is 30.3 Å². The summed E-state index contributed by atoms with van der Waals surface area (Å²) in [6.45, 7) is 3.53. The van der Waals surface area contributed by atoms with Gasteiger partial charge in [0.2, 0.25) is 0 Å². The third-order valence-electron chi connectivity index (χ3n) is 6.78. The normalized spacial score (nSPS) is 22.8. The van der Waals surface area contributed by atoms with E-state index in [-0.39, 0.29) is 51.4 Å². The predicted molar refractivity (Wildman–Crippen MR) is 150 cm³/mol. The highest BCUT2D eigenvalue weighted by Crippen LogP contribution is 2.30. The average molecular weight is 614 g/mol. The van der Waals surface area contributed by atoms with Crippen LogP contribution in [0.25, 0.3) is 0 Å². The molecular weight excluding hydrogens is 578 g/mol. The summed E-state index contributed by atoms with van der Waals surface area (Å²) < 4.78 is 40.0. The summed E-state index contributed by atoms with van der Waals surface area (Å²) in [5.41, 5.74) is 1.53. The molecule has 0 aliphatic carbocycles. The Hall–Kier alpha value is -4.17. The first-order chi connectivity index (χ1) is 21.2. The first-order valence-corrected chi connectivity index (χ1v) is 14.1. The van der Waals surface area contributed by atoms with E-state index in [9.17, 15) is 24.0 Å². The highest BCUT2D eigenvalue weighted by Gasteiger charge is 2.51. The van der Waals surface area contributed by atoms with Crippen LogP contribution < -0.4 is 0 Å². The Balaban J connectivity index is 1.41. The van der Waals surface area contributed by atoms with Gasteiger partial charge in [-0.15, -0.1) is 0 Å². The molecule has 1 saturated heterocycles. The van der Waals surface area contributed by atoms with Gasteiger partial charge in [-0.2, -0.15) is 0 Å². The second-order valence-corrected chi connectivity index (χ2v) is 10.0. The number of carbonyl (C=O) groups is 5. The summed E-state index contributed by atoms with van der Waals surface area (Å²) >= 11 is 0. The van der Waals surface area contributed by atoms with E-state index in [4.69, 9.17) is 33.2 Å². The first-order valence-electron chi connectivity index (χ1n) is 14.1. The van der Waals surface area contributed by atoms with Crippen molar-refractivity contribution in [1.82, 2.24) is 4.90 Å². The van der Waals surface area contributed by atoms with Crippen molar-refractivity contribution in [3.8, 4) is 0 Å². The van der Waals surface area contributed by atoms with E-state index in [1.54, 1.807) is 24.3 Å². The fraction of sp³-hybridized carbons (Fsp3) is 0.452. The number of fused-ring (bicyclic) bond motifs is 1. The number of imide groups is 1. The van der Waals surface area contributed by atoms with Crippen LogP contribution in [-0.2, 0) is 54.1 Å². The topological polar surface area (TPSA) is 153 Å². The molecule has 4 rings (SSSR count). The van der Waals surface area contributed by atoms with Crippen molar-refractivity contribution in [3.63, 3.8) is 0 Å². The predicted octanol–water partition coefficient (Wildman–Crippen LogP) is 2.05. The van der Waals surface area contributed by atoms with E-state index in [0.29, 0.717) is 11.1 Å². The molecular formula is C31H35NO12. The molecule has 13 nitrogen and oxygen atoms in total. The summed E-state index contributed by atoms with van der Waals surface area (Å²) in [5.74, 6) is -2.68. The molecule has 0 saturated carbocycles. The summed E-state index contributed by atoms with van der Waals surface area (Å²) in [6, 6.07) is 15.8. The molecule has 5 atom stereocenters. The molecule has 0 unspecified atom stereocenters. The van der Waals surface area contributed by atoms with Crippen molar-refractivity contribution in [3.05, 3.63) is 71.3 Å². The van der Waals surface area contributed by atoms with Gasteiger partial charge < -0.3 is 33.2 Å². The minimum atomic E-state index is -1.17. The number of rotatable bonds is 14. The number of ether oxygens (including phenoxy) is 7. The summed E-state index contributed by atoms with van der Waals surface area (Å²) in [6.07, 6.45) is -5.62. The Morgan fingerprint density at radius 1 is 0.727 bits per heavy atom. The quantitative estimate of drug-likeness (QED) is 0.133. The van der Waals surface area contributed by atoms with Crippen molar-refractivity contribution in [1.29, 1.82) is 0 Å². The van der Waals surface area contributed by atoms with Crippen molar-refractivity contribution in [2.75, 3.05) is 33.0 Å². The summed E-state index contributed by atoms with van der Waals surface area (Å²) in [5, 5.41) is 0. The van der Waals surface area contributed by atoms with E-state index in [1.165, 1.54) is 20.8 Å². The van der Waals surface area contributed by atoms with Crippen LogP contribution in [0.5, 0.6) is 0 Å². The van der Waals surface area contributed by atoms with Crippen LogP contribution in [-0.4, -0.2) is 98.3 Å². The molecule has 0 N–H and O–H groups in total. The number of benzene rings is 2. The van der Waals surface area contributed by atoms with Crippen molar-refractivity contribution in [2.24, 2.45) is 0 Å². The number of nitrogens with zero attached hydrogens (tertiary/aromatic N) is 1. The lowest BCUT2D eigenvalue weighted by Gasteiger charge is -2.44. The summed E-state index contributed by atoms with van der Waals surface area (Å²) in [4.78, 5) is 62.0. The molecule has 2 aliphatic heterocycles. The number of hydrogen-bond acceptors (Lipinski definition) is 12. The van der Waals surface area contributed by atoms with Crippen molar-refractivity contribution < 1.29 is 57.1 Å². The molecule has 13 heteroatoms. The van der Waals surface area contributed by atoms with E-state index in [0.717, 1.165) is 10.5 Å². The molecule has 0 aromatic heterocycles. The molecule has 2 aromatic rings. The highest BCUT2D eigenvalue weighted by molar-refractivity contribution is 6.21. The standard InChI is InChI=1S/C31H35NO12/c1-19(33)40-18-25-26(42-20(2)34)27(43-21(3)35)28(41-17-22-9-5-4-6-10-22)31(44-25)39-16-15-38-14-13-32-29(36)23-11-7-8-12-24(23)30(32)37/h4-12,25-28,31H,13-18H2,1-3H3/t25-,26-,27+,28+,31+/m1/s1. The van der Waals surface area contributed by atoms with Gasteiger partial charge in [-0.1, -0.05) is 42.5 Å². The highest BCUT2D eigenvalue weighted by atomic mass is 16.7. The molecule has 44 heavy (non-hydrogen) atoms. The molecule has 1 fully saturated rings. The minimum Gasteiger partial charge on any atom is -0.463 e. The van der Waals surface area contributed by atoms with Crippen LogP contribution in [0.4, 0.5) is 0 Å². The van der Waals surface area contributed by atoms with Crippen LogP contribution in [0.1, 0.15) is 47.1 Å². The maximum atomic E-state index is 12.6. The Morgan fingerprint density at radius 2 is 1.34 bits per heavy atom. The number of amides is 2. The van der Waals surface area contributed by atoms with Crippen molar-refractivity contribution >= 4 is 29.7 Å². The summed E-state index contributed by atoms with van der Waals surface area (Å²) in [7, 11) is 0. The zero-order valence-electron chi connectivity index (χ0n) is 24.7. The maximum Gasteiger partial charge on any atom is 0.303 e. The lowest BCUT2D eigenvalue weighted by molar-refractivity contribution is -0.316. The Bertz CT molecular complexity index is 1300. The largest absolute Gasteiger partial charge is 0.463 e. The number of esters is 3. The molecule has 0 radical (unpaired) electrons. The number of carbonyl (C=O) groups excluding carboxylic acids is 5. The third-order valence-corrected chi connectivity index (χ3v) is 6.78. The van der Waals surface area contributed by atoms with Gasteiger partial charge in [0.1, 0.15) is 18.8 Å². The van der Waals surface area contributed by atoms with Gasteiger partial charge in [-0.3, -0.25) is 28.9 Å². The van der Waals surface area contributed by atoms with E-state index in [2.05, 4.69) is 0 Å². The van der Waals surface area contributed by atoms with E-state index < -0.39 is 48.6 Å². The molecule has 236 valence electrons. The first kappa shape index (κ1) is 32.7. The molecule has 2 heterocycles. The van der Waals surface area contributed by atoms with Gasteiger partial charge in [-0.05, 0) is 17.7 Å². The average Bonchev–Trinajstić information content (AvgIpc) is 3.23. The number of hydrogen-bond donors (Lipinski definition) is 0. The fourth-order valence-electron chi connectivity index (χ4n) is 4.87. The van der Waals surface area contributed by atoms with Gasteiger partial charge >= 0.3 is 17.9 Å². The van der Waals surface area contributed by atoms with Gasteiger partial charge in [0, 0.05) is 20.8 Å². The minimum absolute atomic E-state index is 0.0245.